The van der Waals surface area contributed by atoms with Gasteiger partial charge in [0.25, 0.3) is 0 Å². The molecule has 31 heavy (non-hydrogen) atoms. The van der Waals surface area contributed by atoms with Crippen molar-refractivity contribution in [1.82, 2.24) is 0 Å². The SMILES string of the molecule is Cc1ccc2c(oc3c(-c4ccc5c(c4)OCC5)c(F)ccc32)c1-c1cccc[n+]1C. The van der Waals surface area contributed by atoms with Crippen LogP contribution in [-0.4, -0.2) is 6.61 Å². The molecule has 3 heterocycles. The lowest BCUT2D eigenvalue weighted by molar-refractivity contribution is -0.660. The molecule has 3 nitrogen and oxygen atoms in total. The maximum Gasteiger partial charge on any atom is 0.216 e. The molecule has 2 aromatic heterocycles. The molecule has 3 aromatic carbocycles. The molecule has 5 aromatic rings. The first-order valence-electron chi connectivity index (χ1n) is 10.5. The average Bonchev–Trinajstić information content (AvgIpc) is 3.38. The summed E-state index contributed by atoms with van der Waals surface area (Å²) in [4.78, 5) is 0. The van der Waals surface area contributed by atoms with Crippen molar-refractivity contribution in [2.75, 3.05) is 6.61 Å². The van der Waals surface area contributed by atoms with Crippen LogP contribution < -0.4 is 9.30 Å². The van der Waals surface area contributed by atoms with E-state index in [0.29, 0.717) is 17.8 Å². The molecule has 0 saturated heterocycles. The van der Waals surface area contributed by atoms with Gasteiger partial charge in [0, 0.05) is 29.3 Å². The Morgan fingerprint density at radius 3 is 2.55 bits per heavy atom. The Hall–Kier alpha value is -3.66. The van der Waals surface area contributed by atoms with Crippen LogP contribution in [0, 0.1) is 12.7 Å². The number of pyridine rings is 1. The van der Waals surface area contributed by atoms with E-state index in [2.05, 4.69) is 29.7 Å². The van der Waals surface area contributed by atoms with Crippen LogP contribution in [-0.2, 0) is 13.5 Å². The van der Waals surface area contributed by atoms with E-state index in [0.717, 1.165) is 56.5 Å². The topological polar surface area (TPSA) is 26.2 Å². The summed E-state index contributed by atoms with van der Waals surface area (Å²) in [5.41, 5.74) is 6.95. The minimum Gasteiger partial charge on any atom is -0.493 e. The van der Waals surface area contributed by atoms with Crippen molar-refractivity contribution in [3.63, 3.8) is 0 Å². The third-order valence-corrected chi connectivity index (χ3v) is 6.26. The fraction of sp³-hybridized carbons (Fsp3) is 0.148. The number of ether oxygens (including phenoxy) is 1. The zero-order valence-electron chi connectivity index (χ0n) is 17.4. The van der Waals surface area contributed by atoms with Crippen molar-refractivity contribution in [2.24, 2.45) is 7.05 Å². The largest absolute Gasteiger partial charge is 0.493 e. The van der Waals surface area contributed by atoms with Crippen LogP contribution in [0.25, 0.3) is 44.3 Å². The van der Waals surface area contributed by atoms with E-state index in [1.807, 2.05) is 49.6 Å². The molecule has 6 rings (SSSR count). The summed E-state index contributed by atoms with van der Waals surface area (Å²) in [6.07, 6.45) is 2.91. The number of nitrogens with zero attached hydrogens (tertiary/aromatic N) is 1. The van der Waals surface area contributed by atoms with Gasteiger partial charge in [-0.05, 0) is 47.9 Å². The van der Waals surface area contributed by atoms with Crippen molar-refractivity contribution < 1.29 is 18.1 Å². The molecule has 0 saturated carbocycles. The van der Waals surface area contributed by atoms with Crippen molar-refractivity contribution >= 4 is 21.9 Å². The molecular formula is C27H21FNO2+. The maximum atomic E-state index is 15.1. The Morgan fingerprint density at radius 1 is 0.903 bits per heavy atom. The zero-order valence-corrected chi connectivity index (χ0v) is 17.4. The van der Waals surface area contributed by atoms with E-state index in [9.17, 15) is 0 Å². The Morgan fingerprint density at radius 2 is 1.71 bits per heavy atom. The van der Waals surface area contributed by atoms with Crippen molar-refractivity contribution in [2.45, 2.75) is 13.3 Å². The molecule has 0 spiro atoms. The Bertz CT molecular complexity index is 1500. The van der Waals surface area contributed by atoms with Gasteiger partial charge in [-0.15, -0.1) is 0 Å². The van der Waals surface area contributed by atoms with Crippen LogP contribution in [0.3, 0.4) is 0 Å². The first-order valence-corrected chi connectivity index (χ1v) is 10.5. The second-order valence-corrected chi connectivity index (χ2v) is 8.15. The van der Waals surface area contributed by atoms with E-state index in [4.69, 9.17) is 9.15 Å². The summed E-state index contributed by atoms with van der Waals surface area (Å²) >= 11 is 0. The molecular weight excluding hydrogens is 389 g/mol. The first kappa shape index (κ1) is 18.1. The molecule has 0 atom stereocenters. The monoisotopic (exact) mass is 410 g/mol. The zero-order chi connectivity index (χ0) is 21.1. The molecule has 0 radical (unpaired) electrons. The number of aryl methyl sites for hydroxylation is 2. The maximum absolute atomic E-state index is 15.1. The molecule has 0 unspecified atom stereocenters. The van der Waals surface area contributed by atoms with Gasteiger partial charge in [-0.2, -0.15) is 0 Å². The van der Waals surface area contributed by atoms with Gasteiger partial charge >= 0.3 is 0 Å². The predicted molar refractivity (Wildman–Crippen MR) is 120 cm³/mol. The van der Waals surface area contributed by atoms with Crippen molar-refractivity contribution in [3.05, 3.63) is 83.8 Å². The lowest BCUT2D eigenvalue weighted by Crippen LogP contribution is -2.30. The second kappa shape index (κ2) is 6.67. The summed E-state index contributed by atoms with van der Waals surface area (Å²) in [6, 6.07) is 19.5. The highest BCUT2D eigenvalue weighted by Crippen LogP contribution is 2.42. The lowest BCUT2D eigenvalue weighted by Gasteiger charge is -2.07. The summed E-state index contributed by atoms with van der Waals surface area (Å²) in [5.74, 6) is 0.533. The number of fused-ring (bicyclic) bond motifs is 4. The van der Waals surface area contributed by atoms with E-state index in [1.165, 1.54) is 6.07 Å². The van der Waals surface area contributed by atoms with Crippen LogP contribution in [0.5, 0.6) is 5.75 Å². The quantitative estimate of drug-likeness (QED) is 0.327. The van der Waals surface area contributed by atoms with Gasteiger partial charge < -0.3 is 9.15 Å². The molecule has 152 valence electrons. The number of hydrogen-bond acceptors (Lipinski definition) is 2. The summed E-state index contributed by atoms with van der Waals surface area (Å²) in [5, 5.41) is 1.89. The summed E-state index contributed by atoms with van der Waals surface area (Å²) in [6.45, 7) is 2.75. The fourth-order valence-corrected chi connectivity index (χ4v) is 4.67. The minimum atomic E-state index is -0.298. The van der Waals surface area contributed by atoms with Crippen LogP contribution in [0.15, 0.2) is 71.3 Å². The van der Waals surface area contributed by atoms with Crippen LogP contribution in [0.4, 0.5) is 4.39 Å². The Labute approximate surface area is 179 Å². The normalized spacial score (nSPS) is 13.0. The van der Waals surface area contributed by atoms with Crippen LogP contribution in [0.2, 0.25) is 0 Å². The third kappa shape index (κ3) is 2.68. The molecule has 0 N–H and O–H groups in total. The average molecular weight is 410 g/mol. The minimum absolute atomic E-state index is 0.298. The second-order valence-electron chi connectivity index (χ2n) is 8.15. The van der Waals surface area contributed by atoms with Crippen LogP contribution in [0.1, 0.15) is 11.1 Å². The number of halogens is 1. The van der Waals surface area contributed by atoms with Crippen LogP contribution >= 0.6 is 0 Å². The number of furan rings is 1. The standard InChI is InChI=1S/C27H21FNO2/c1-16-6-9-19-20-10-11-21(28)25(18-8-7-17-12-14-30-23(17)15-18)27(20)31-26(19)24(16)22-5-3-4-13-29(22)2/h3-11,13,15H,12,14H2,1-2H3/q+1. The summed E-state index contributed by atoms with van der Waals surface area (Å²) in [7, 11) is 2.02. The van der Waals surface area contributed by atoms with E-state index >= 15 is 4.39 Å². The smallest absolute Gasteiger partial charge is 0.216 e. The molecule has 0 amide bonds. The molecule has 0 fully saturated rings. The van der Waals surface area contributed by atoms with Crippen molar-refractivity contribution in [1.29, 1.82) is 0 Å². The summed E-state index contributed by atoms with van der Waals surface area (Å²) < 4.78 is 29.4. The predicted octanol–water partition coefficient (Wildman–Crippen LogP) is 6.13. The van der Waals surface area contributed by atoms with E-state index < -0.39 is 0 Å². The number of rotatable bonds is 2. The third-order valence-electron chi connectivity index (χ3n) is 6.26. The molecule has 4 heteroatoms. The van der Waals surface area contributed by atoms with Gasteiger partial charge in [0.15, 0.2) is 6.20 Å². The van der Waals surface area contributed by atoms with E-state index in [1.54, 1.807) is 0 Å². The van der Waals surface area contributed by atoms with Gasteiger partial charge in [0.2, 0.25) is 5.69 Å². The molecule has 0 aliphatic carbocycles. The molecule has 0 bridgehead atoms. The number of hydrogen-bond donors (Lipinski definition) is 0. The van der Waals surface area contributed by atoms with E-state index in [-0.39, 0.29) is 5.82 Å². The lowest BCUT2D eigenvalue weighted by atomic mass is 9.98. The fourth-order valence-electron chi connectivity index (χ4n) is 4.67. The highest BCUT2D eigenvalue weighted by atomic mass is 19.1. The Balaban J connectivity index is 1.68. The van der Waals surface area contributed by atoms with Gasteiger partial charge in [0.1, 0.15) is 29.8 Å². The number of benzene rings is 3. The molecule has 1 aliphatic heterocycles. The first-order chi connectivity index (χ1) is 15.1. The van der Waals surface area contributed by atoms with Gasteiger partial charge in [0.05, 0.1) is 17.7 Å². The van der Waals surface area contributed by atoms with Crippen molar-refractivity contribution in [3.8, 4) is 28.1 Å². The Kier molecular flexibility index (Phi) is 3.90. The highest BCUT2D eigenvalue weighted by Gasteiger charge is 2.23. The number of aromatic nitrogens is 1. The van der Waals surface area contributed by atoms with Gasteiger partial charge in [-0.25, -0.2) is 8.96 Å². The van der Waals surface area contributed by atoms with Gasteiger partial charge in [-0.3, -0.25) is 0 Å². The molecule has 1 aliphatic rings. The highest BCUT2D eigenvalue weighted by molar-refractivity contribution is 6.13. The van der Waals surface area contributed by atoms with Gasteiger partial charge in [-0.1, -0.05) is 24.3 Å².